The van der Waals surface area contributed by atoms with Gasteiger partial charge < -0.3 is 9.47 Å². The predicted molar refractivity (Wildman–Crippen MR) is 57.6 cm³/mol. The SMILES string of the molecule is CCC(=O)O[C@@H]1C=C[C@H](OC(=O)CBr)C1. The van der Waals surface area contributed by atoms with Gasteiger partial charge in [-0.05, 0) is 12.2 Å². The van der Waals surface area contributed by atoms with Crippen molar-refractivity contribution in [1.82, 2.24) is 0 Å². The maximum absolute atomic E-state index is 11.0. The highest BCUT2D eigenvalue weighted by Gasteiger charge is 2.24. The highest BCUT2D eigenvalue weighted by molar-refractivity contribution is 9.09. The van der Waals surface area contributed by atoms with E-state index in [4.69, 9.17) is 9.47 Å². The third-order valence-corrected chi connectivity index (χ3v) is 2.43. The molecule has 15 heavy (non-hydrogen) atoms. The first-order valence-electron chi connectivity index (χ1n) is 4.79. The van der Waals surface area contributed by atoms with Crippen molar-refractivity contribution in [3.05, 3.63) is 12.2 Å². The molecule has 0 aromatic heterocycles. The van der Waals surface area contributed by atoms with Gasteiger partial charge in [-0.3, -0.25) is 9.59 Å². The van der Waals surface area contributed by atoms with Gasteiger partial charge in [0.2, 0.25) is 0 Å². The van der Waals surface area contributed by atoms with E-state index in [1.807, 2.05) is 0 Å². The maximum Gasteiger partial charge on any atom is 0.317 e. The van der Waals surface area contributed by atoms with Crippen molar-refractivity contribution >= 4 is 27.9 Å². The fourth-order valence-electron chi connectivity index (χ4n) is 1.26. The number of esters is 2. The zero-order valence-electron chi connectivity index (χ0n) is 8.44. The first kappa shape index (κ1) is 12.2. The summed E-state index contributed by atoms with van der Waals surface area (Å²) in [6.07, 6.45) is 3.84. The molecule has 0 N–H and O–H groups in total. The average Bonchev–Trinajstić information content (AvgIpc) is 2.65. The second-order valence-electron chi connectivity index (χ2n) is 3.16. The van der Waals surface area contributed by atoms with Crippen molar-refractivity contribution in [2.75, 3.05) is 5.33 Å². The normalized spacial score (nSPS) is 23.9. The molecule has 0 aliphatic heterocycles. The van der Waals surface area contributed by atoms with Crippen LogP contribution in [0.15, 0.2) is 12.2 Å². The molecule has 0 saturated carbocycles. The molecule has 0 bridgehead atoms. The lowest BCUT2D eigenvalue weighted by Gasteiger charge is -2.12. The summed E-state index contributed by atoms with van der Waals surface area (Å²) in [6, 6.07) is 0. The van der Waals surface area contributed by atoms with Crippen LogP contribution >= 0.6 is 15.9 Å². The van der Waals surface area contributed by atoms with Crippen molar-refractivity contribution in [2.45, 2.75) is 32.0 Å². The zero-order valence-corrected chi connectivity index (χ0v) is 10.0. The molecule has 1 rings (SSSR count). The molecule has 0 aromatic rings. The lowest BCUT2D eigenvalue weighted by atomic mass is 10.3. The molecule has 0 radical (unpaired) electrons. The summed E-state index contributed by atoms with van der Waals surface area (Å²) in [7, 11) is 0. The summed E-state index contributed by atoms with van der Waals surface area (Å²) in [5.41, 5.74) is 0. The Morgan fingerprint density at radius 3 is 2.27 bits per heavy atom. The molecule has 0 amide bonds. The van der Waals surface area contributed by atoms with Crippen LogP contribution in [0.3, 0.4) is 0 Å². The summed E-state index contributed by atoms with van der Waals surface area (Å²) in [6.45, 7) is 1.74. The molecule has 4 nitrogen and oxygen atoms in total. The quantitative estimate of drug-likeness (QED) is 0.444. The summed E-state index contributed by atoms with van der Waals surface area (Å²) in [5.74, 6) is -0.552. The second-order valence-corrected chi connectivity index (χ2v) is 3.73. The third kappa shape index (κ3) is 4.03. The van der Waals surface area contributed by atoms with Crippen molar-refractivity contribution in [1.29, 1.82) is 0 Å². The minimum Gasteiger partial charge on any atom is -0.458 e. The van der Waals surface area contributed by atoms with Gasteiger partial charge in [0, 0.05) is 12.8 Å². The summed E-state index contributed by atoms with van der Waals surface area (Å²) >= 11 is 3.00. The largest absolute Gasteiger partial charge is 0.458 e. The van der Waals surface area contributed by atoms with E-state index in [1.165, 1.54) is 0 Å². The number of carbonyl (C=O) groups excluding carboxylic acids is 2. The van der Waals surface area contributed by atoms with Crippen LogP contribution in [0.25, 0.3) is 0 Å². The molecule has 84 valence electrons. The smallest absolute Gasteiger partial charge is 0.317 e. The van der Waals surface area contributed by atoms with E-state index in [0.717, 1.165) is 0 Å². The Morgan fingerprint density at radius 2 is 1.80 bits per heavy atom. The van der Waals surface area contributed by atoms with Crippen LogP contribution in [0.5, 0.6) is 0 Å². The zero-order chi connectivity index (χ0) is 11.3. The van der Waals surface area contributed by atoms with Gasteiger partial charge in [-0.25, -0.2) is 0 Å². The second kappa shape index (κ2) is 5.90. The number of hydrogen-bond acceptors (Lipinski definition) is 4. The predicted octanol–water partition coefficient (Wildman–Crippen LogP) is 1.57. The molecule has 0 unspecified atom stereocenters. The molecule has 1 aliphatic carbocycles. The lowest BCUT2D eigenvalue weighted by Crippen LogP contribution is -2.20. The molecule has 0 saturated heterocycles. The summed E-state index contributed by atoms with van der Waals surface area (Å²) in [5, 5.41) is 0.177. The van der Waals surface area contributed by atoms with E-state index in [1.54, 1.807) is 19.1 Å². The van der Waals surface area contributed by atoms with E-state index >= 15 is 0 Å². The number of hydrogen-bond donors (Lipinski definition) is 0. The van der Waals surface area contributed by atoms with Gasteiger partial charge in [-0.15, -0.1) is 0 Å². The average molecular weight is 277 g/mol. The van der Waals surface area contributed by atoms with Crippen molar-refractivity contribution in [2.24, 2.45) is 0 Å². The van der Waals surface area contributed by atoms with Crippen LogP contribution in [0.1, 0.15) is 19.8 Å². The van der Waals surface area contributed by atoms with E-state index in [2.05, 4.69) is 15.9 Å². The minimum atomic E-state index is -0.313. The van der Waals surface area contributed by atoms with Crippen LogP contribution < -0.4 is 0 Å². The topological polar surface area (TPSA) is 52.6 Å². The molecule has 0 fully saturated rings. The number of rotatable bonds is 4. The number of alkyl halides is 1. The molecular formula is C10H13BrO4. The van der Waals surface area contributed by atoms with Crippen LogP contribution in [0.2, 0.25) is 0 Å². The number of carbonyl (C=O) groups is 2. The van der Waals surface area contributed by atoms with Crippen LogP contribution in [0.4, 0.5) is 0 Å². The summed E-state index contributed by atoms with van der Waals surface area (Å²) < 4.78 is 10.1. The van der Waals surface area contributed by atoms with Crippen molar-refractivity contribution in [3.63, 3.8) is 0 Å². The molecule has 2 atom stereocenters. The summed E-state index contributed by atoms with van der Waals surface area (Å²) in [4.78, 5) is 21.9. The van der Waals surface area contributed by atoms with Crippen molar-refractivity contribution < 1.29 is 19.1 Å². The Hall–Kier alpha value is -0.840. The van der Waals surface area contributed by atoms with Gasteiger partial charge in [-0.1, -0.05) is 22.9 Å². The molecular weight excluding hydrogens is 264 g/mol. The Morgan fingerprint density at radius 1 is 1.27 bits per heavy atom. The Bertz CT molecular complexity index is 249. The van der Waals surface area contributed by atoms with Gasteiger partial charge in [0.25, 0.3) is 0 Å². The number of ether oxygens (including phenoxy) is 2. The van der Waals surface area contributed by atoms with Crippen LogP contribution in [-0.4, -0.2) is 29.5 Å². The van der Waals surface area contributed by atoms with Gasteiger partial charge in [-0.2, -0.15) is 0 Å². The van der Waals surface area contributed by atoms with Gasteiger partial charge in [0.05, 0.1) is 0 Å². The standard InChI is InChI=1S/C10H13BrO4/c1-2-9(12)14-7-3-4-8(5-7)15-10(13)6-11/h3-4,7-8H,2,5-6H2,1H3/t7-,8+/m1/s1. The number of halogens is 1. The third-order valence-electron chi connectivity index (χ3n) is 1.97. The Labute approximate surface area is 96.7 Å². The van der Waals surface area contributed by atoms with Crippen LogP contribution in [-0.2, 0) is 19.1 Å². The fourth-order valence-corrected chi connectivity index (χ4v) is 1.39. The first-order chi connectivity index (χ1) is 7.15. The first-order valence-corrected chi connectivity index (χ1v) is 5.91. The van der Waals surface area contributed by atoms with Crippen molar-refractivity contribution in [3.8, 4) is 0 Å². The highest BCUT2D eigenvalue weighted by Crippen LogP contribution is 2.18. The van der Waals surface area contributed by atoms with Gasteiger partial charge >= 0.3 is 11.9 Å². The van der Waals surface area contributed by atoms with Crippen LogP contribution in [0, 0.1) is 0 Å². The van der Waals surface area contributed by atoms with E-state index in [-0.39, 0.29) is 29.5 Å². The van der Waals surface area contributed by atoms with E-state index in [0.29, 0.717) is 12.8 Å². The van der Waals surface area contributed by atoms with Gasteiger partial charge in [0.15, 0.2) is 0 Å². The Kier molecular flexibility index (Phi) is 4.81. The van der Waals surface area contributed by atoms with E-state index < -0.39 is 0 Å². The molecule has 0 spiro atoms. The molecule has 1 aliphatic rings. The maximum atomic E-state index is 11.0. The fraction of sp³-hybridized carbons (Fsp3) is 0.600. The Balaban J connectivity index is 2.31. The van der Waals surface area contributed by atoms with Gasteiger partial charge in [0.1, 0.15) is 17.5 Å². The molecule has 5 heteroatoms. The molecule has 0 aromatic carbocycles. The lowest BCUT2D eigenvalue weighted by molar-refractivity contribution is -0.148. The van der Waals surface area contributed by atoms with E-state index in [9.17, 15) is 9.59 Å². The monoisotopic (exact) mass is 276 g/mol. The minimum absolute atomic E-state index is 0.177. The molecule has 0 heterocycles. The highest BCUT2D eigenvalue weighted by atomic mass is 79.9.